The van der Waals surface area contributed by atoms with Gasteiger partial charge in [0.25, 0.3) is 5.56 Å². The first-order valence-electron chi connectivity index (χ1n) is 10.3. The first kappa shape index (κ1) is 22.2. The average Bonchev–Trinajstić information content (AvgIpc) is 3.14. The number of carbonyl (C=O) groups excluding carboxylic acids is 1. The van der Waals surface area contributed by atoms with Crippen molar-refractivity contribution in [3.05, 3.63) is 52.1 Å². The number of aromatic amines is 2. The van der Waals surface area contributed by atoms with Crippen molar-refractivity contribution < 1.29 is 4.79 Å². The average molecular weight is 427 g/mol. The summed E-state index contributed by atoms with van der Waals surface area (Å²) in [6.07, 6.45) is 5.31. The molecule has 2 N–H and O–H groups in total. The molecule has 0 bridgehead atoms. The van der Waals surface area contributed by atoms with Crippen molar-refractivity contribution in [2.75, 3.05) is 11.2 Å². The summed E-state index contributed by atoms with van der Waals surface area (Å²) >= 11 is 1.40. The number of aryl methyl sites for hydroxylation is 1. The fourth-order valence-electron chi connectivity index (χ4n) is 3.95. The first-order valence-corrected chi connectivity index (χ1v) is 11.6. The second kappa shape index (κ2) is 9.51. The van der Waals surface area contributed by atoms with Gasteiger partial charge in [-0.1, -0.05) is 25.6 Å². The Balaban J connectivity index is 1.86. The van der Waals surface area contributed by atoms with Crippen LogP contribution in [0.3, 0.4) is 0 Å². The summed E-state index contributed by atoms with van der Waals surface area (Å²) in [5, 5.41) is 1.67. The van der Waals surface area contributed by atoms with Gasteiger partial charge >= 0.3 is 0 Å². The largest absolute Gasteiger partial charge is 0.361 e. The van der Waals surface area contributed by atoms with Crippen molar-refractivity contribution in [3.8, 4) is 0 Å². The zero-order chi connectivity index (χ0) is 21.8. The number of nitrogens with one attached hydrogen (secondary N) is 2. The van der Waals surface area contributed by atoms with E-state index in [1.807, 2.05) is 48.5 Å². The van der Waals surface area contributed by atoms with Gasteiger partial charge in [0.1, 0.15) is 0 Å². The van der Waals surface area contributed by atoms with Crippen LogP contribution in [0.5, 0.6) is 0 Å². The summed E-state index contributed by atoms with van der Waals surface area (Å²) in [6, 6.07) is 8.11. The normalized spacial score (nSPS) is 12.5. The van der Waals surface area contributed by atoms with E-state index >= 15 is 0 Å². The molecule has 6 nitrogen and oxygen atoms in total. The third kappa shape index (κ3) is 4.95. The molecule has 2 heterocycles. The van der Waals surface area contributed by atoms with E-state index in [-0.39, 0.29) is 23.9 Å². The second-order valence-electron chi connectivity index (χ2n) is 8.13. The Morgan fingerprint density at radius 1 is 1.23 bits per heavy atom. The zero-order valence-electron chi connectivity index (χ0n) is 18.3. The van der Waals surface area contributed by atoms with E-state index < -0.39 is 0 Å². The van der Waals surface area contributed by atoms with E-state index in [0.29, 0.717) is 28.8 Å². The number of benzene rings is 1. The number of carbonyl (C=O) groups is 1. The zero-order valence-corrected chi connectivity index (χ0v) is 19.1. The molecule has 30 heavy (non-hydrogen) atoms. The number of hydrogen-bond acceptors (Lipinski definition) is 4. The smallest absolute Gasteiger partial charge is 0.254 e. The maximum Gasteiger partial charge on any atom is 0.254 e. The number of nitrogens with zero attached hydrogens (tertiary/aromatic N) is 2. The Morgan fingerprint density at radius 2 is 2.00 bits per heavy atom. The number of aromatic nitrogens is 3. The standard InChI is InChI=1S/C23H30N4O2S/c1-14(2)12-15(3)27(18-6-8-20-17(13-18)10-11-24-20)21(28)9-7-19-16(4)25-23(30-5)26-22(19)29/h6,8,10-11,13-15,24H,7,9,12H2,1-5H3,(H,25,26,29). The van der Waals surface area contributed by atoms with Crippen molar-refractivity contribution in [1.29, 1.82) is 0 Å². The quantitative estimate of drug-likeness (QED) is 0.405. The Kier molecular flexibility index (Phi) is 7.02. The summed E-state index contributed by atoms with van der Waals surface area (Å²) in [7, 11) is 0. The van der Waals surface area contributed by atoms with Gasteiger partial charge in [-0.15, -0.1) is 0 Å². The molecule has 1 unspecified atom stereocenters. The maximum atomic E-state index is 13.3. The highest BCUT2D eigenvalue weighted by molar-refractivity contribution is 7.98. The van der Waals surface area contributed by atoms with Crippen molar-refractivity contribution >= 4 is 34.3 Å². The van der Waals surface area contributed by atoms with Crippen LogP contribution in [0.25, 0.3) is 10.9 Å². The molecule has 0 spiro atoms. The molecule has 0 aliphatic carbocycles. The van der Waals surface area contributed by atoms with E-state index in [9.17, 15) is 9.59 Å². The minimum absolute atomic E-state index is 0.0192. The Bertz CT molecular complexity index is 1090. The van der Waals surface area contributed by atoms with Crippen LogP contribution in [-0.4, -0.2) is 33.2 Å². The van der Waals surface area contributed by atoms with Crippen molar-refractivity contribution in [2.45, 2.75) is 58.2 Å². The molecule has 0 fully saturated rings. The molecule has 160 valence electrons. The van der Waals surface area contributed by atoms with E-state index in [4.69, 9.17) is 0 Å². The van der Waals surface area contributed by atoms with Crippen LogP contribution in [0.15, 0.2) is 40.4 Å². The van der Waals surface area contributed by atoms with Crippen LogP contribution in [0.1, 0.15) is 44.9 Å². The predicted molar refractivity (Wildman–Crippen MR) is 124 cm³/mol. The Labute approximate surface area is 181 Å². The third-order valence-corrected chi connectivity index (χ3v) is 5.90. The molecule has 3 aromatic rings. The number of fused-ring (bicyclic) bond motifs is 1. The van der Waals surface area contributed by atoms with Crippen LogP contribution in [0.4, 0.5) is 5.69 Å². The summed E-state index contributed by atoms with van der Waals surface area (Å²) in [4.78, 5) is 38.1. The highest BCUT2D eigenvalue weighted by atomic mass is 32.2. The van der Waals surface area contributed by atoms with Gasteiger partial charge in [-0.25, -0.2) is 4.98 Å². The van der Waals surface area contributed by atoms with Crippen molar-refractivity contribution in [3.63, 3.8) is 0 Å². The van der Waals surface area contributed by atoms with Gasteiger partial charge in [0.05, 0.1) is 0 Å². The topological polar surface area (TPSA) is 81.8 Å². The fourth-order valence-corrected chi connectivity index (χ4v) is 4.37. The number of hydrogen-bond donors (Lipinski definition) is 2. The number of rotatable bonds is 8. The predicted octanol–water partition coefficient (Wildman–Crippen LogP) is 4.68. The van der Waals surface area contributed by atoms with E-state index in [2.05, 4.69) is 35.7 Å². The van der Waals surface area contributed by atoms with Crippen LogP contribution in [0.2, 0.25) is 0 Å². The molecule has 0 aliphatic rings. The maximum absolute atomic E-state index is 13.3. The number of thioether (sulfide) groups is 1. The van der Waals surface area contributed by atoms with E-state index in [0.717, 1.165) is 23.0 Å². The van der Waals surface area contributed by atoms with Gasteiger partial charge < -0.3 is 14.9 Å². The van der Waals surface area contributed by atoms with Crippen molar-refractivity contribution in [1.82, 2.24) is 15.0 Å². The molecule has 0 saturated carbocycles. The lowest BCUT2D eigenvalue weighted by molar-refractivity contribution is -0.119. The van der Waals surface area contributed by atoms with Gasteiger partial charge in [0.15, 0.2) is 5.16 Å². The molecule has 1 aromatic carbocycles. The number of amides is 1. The van der Waals surface area contributed by atoms with Gasteiger partial charge in [0.2, 0.25) is 5.91 Å². The molecule has 0 aliphatic heterocycles. The molecular weight excluding hydrogens is 396 g/mol. The van der Waals surface area contributed by atoms with Crippen LogP contribution in [-0.2, 0) is 11.2 Å². The molecule has 7 heteroatoms. The van der Waals surface area contributed by atoms with Crippen molar-refractivity contribution in [2.24, 2.45) is 5.92 Å². The summed E-state index contributed by atoms with van der Waals surface area (Å²) in [5.41, 5.74) is 3.05. The second-order valence-corrected chi connectivity index (χ2v) is 8.93. The summed E-state index contributed by atoms with van der Waals surface area (Å²) in [5.74, 6) is 0.491. The first-order chi connectivity index (χ1) is 14.3. The van der Waals surface area contributed by atoms with Gasteiger partial charge in [-0.3, -0.25) is 9.59 Å². The molecule has 1 amide bonds. The van der Waals surface area contributed by atoms with E-state index in [1.54, 1.807) is 0 Å². The molecule has 0 radical (unpaired) electrons. The van der Waals surface area contributed by atoms with E-state index in [1.165, 1.54) is 11.8 Å². The summed E-state index contributed by atoms with van der Waals surface area (Å²) < 4.78 is 0. The minimum atomic E-state index is -0.157. The highest BCUT2D eigenvalue weighted by Crippen LogP contribution is 2.26. The minimum Gasteiger partial charge on any atom is -0.361 e. The molecular formula is C23H30N4O2S. The highest BCUT2D eigenvalue weighted by Gasteiger charge is 2.23. The van der Waals surface area contributed by atoms with Gasteiger partial charge in [0, 0.05) is 46.5 Å². The lowest BCUT2D eigenvalue weighted by atomic mass is 10.0. The Morgan fingerprint density at radius 3 is 2.67 bits per heavy atom. The number of H-pyrrole nitrogens is 2. The lowest BCUT2D eigenvalue weighted by Crippen LogP contribution is -2.40. The van der Waals surface area contributed by atoms with Gasteiger partial charge in [-0.05, 0) is 63.1 Å². The third-order valence-electron chi connectivity index (χ3n) is 5.32. The monoisotopic (exact) mass is 426 g/mol. The lowest BCUT2D eigenvalue weighted by Gasteiger charge is -2.31. The van der Waals surface area contributed by atoms with Crippen LogP contribution < -0.4 is 10.5 Å². The van der Waals surface area contributed by atoms with Gasteiger partial charge in [-0.2, -0.15) is 0 Å². The van der Waals surface area contributed by atoms with Crippen LogP contribution in [0, 0.1) is 12.8 Å². The molecule has 1 atom stereocenters. The fraction of sp³-hybridized carbons (Fsp3) is 0.435. The van der Waals surface area contributed by atoms with Crippen LogP contribution >= 0.6 is 11.8 Å². The molecule has 3 rings (SSSR count). The Hall–Kier alpha value is -2.54. The molecule has 2 aromatic heterocycles. The number of anilines is 1. The summed E-state index contributed by atoms with van der Waals surface area (Å²) in [6.45, 7) is 8.24. The SMILES string of the molecule is CSc1nc(C)c(CCC(=O)N(c2ccc3[nH]ccc3c2)C(C)CC(C)C)c(=O)[nH]1. The molecule has 0 saturated heterocycles.